The van der Waals surface area contributed by atoms with Crippen molar-refractivity contribution >= 4 is 17.4 Å². The number of hydrogen-bond donors (Lipinski definition) is 1. The summed E-state index contributed by atoms with van der Waals surface area (Å²) < 4.78 is 16.1. The second kappa shape index (κ2) is 7.78. The molecule has 0 spiro atoms. The Morgan fingerprint density at radius 1 is 0.926 bits per heavy atom. The maximum absolute atomic E-state index is 12.5. The van der Waals surface area contributed by atoms with Gasteiger partial charge in [0.1, 0.15) is 17.3 Å². The van der Waals surface area contributed by atoms with Crippen LogP contribution in [0, 0.1) is 0 Å². The topological polar surface area (TPSA) is 77.8 Å². The van der Waals surface area contributed by atoms with E-state index in [2.05, 4.69) is 5.32 Å². The molecule has 138 valence electrons. The molecule has 0 fully saturated rings. The van der Waals surface area contributed by atoms with Crippen molar-refractivity contribution in [3.63, 3.8) is 0 Å². The van der Waals surface area contributed by atoms with E-state index < -0.39 is 5.91 Å². The van der Waals surface area contributed by atoms with Crippen LogP contribution in [0.15, 0.2) is 59.0 Å². The van der Waals surface area contributed by atoms with E-state index in [1.807, 2.05) is 0 Å². The molecule has 0 aliphatic rings. The van der Waals surface area contributed by atoms with Crippen molar-refractivity contribution in [3.8, 4) is 22.8 Å². The number of nitrogens with one attached hydrogen (secondary N) is 1. The van der Waals surface area contributed by atoms with Crippen LogP contribution in [0.3, 0.4) is 0 Å². The minimum Gasteiger partial charge on any atom is -0.497 e. The molecule has 6 nitrogen and oxygen atoms in total. The Hall–Kier alpha value is -3.54. The lowest BCUT2D eigenvalue weighted by atomic mass is 10.1. The molecule has 6 heteroatoms. The zero-order valence-corrected chi connectivity index (χ0v) is 15.2. The average Bonchev–Trinajstić information content (AvgIpc) is 3.18. The second-order valence-electron chi connectivity index (χ2n) is 5.82. The van der Waals surface area contributed by atoms with Crippen molar-refractivity contribution in [2.75, 3.05) is 19.5 Å². The summed E-state index contributed by atoms with van der Waals surface area (Å²) in [5.74, 6) is 1.38. The highest BCUT2D eigenvalue weighted by Gasteiger charge is 2.15. The van der Waals surface area contributed by atoms with E-state index in [9.17, 15) is 9.59 Å². The number of ketones is 1. The smallest absolute Gasteiger partial charge is 0.291 e. The minimum atomic E-state index is -0.409. The van der Waals surface area contributed by atoms with Gasteiger partial charge in [0.2, 0.25) is 0 Å². The molecule has 0 bridgehead atoms. The molecular formula is C21H19NO5. The third-order valence-corrected chi connectivity index (χ3v) is 4.06. The average molecular weight is 365 g/mol. The molecule has 3 rings (SSSR count). The van der Waals surface area contributed by atoms with Gasteiger partial charge in [-0.15, -0.1) is 0 Å². The van der Waals surface area contributed by atoms with Gasteiger partial charge in [-0.3, -0.25) is 9.59 Å². The Bertz CT molecular complexity index is 972. The third-order valence-electron chi connectivity index (χ3n) is 4.06. The maximum Gasteiger partial charge on any atom is 0.291 e. The van der Waals surface area contributed by atoms with Crippen LogP contribution in [0.5, 0.6) is 11.5 Å². The molecule has 0 aliphatic carbocycles. The number of methoxy groups -OCH3 is 2. The Morgan fingerprint density at radius 3 is 2.30 bits per heavy atom. The fourth-order valence-electron chi connectivity index (χ4n) is 2.58. The highest BCUT2D eigenvalue weighted by atomic mass is 16.5. The number of furan rings is 1. The van der Waals surface area contributed by atoms with Gasteiger partial charge in [0.15, 0.2) is 11.5 Å². The van der Waals surface area contributed by atoms with E-state index >= 15 is 0 Å². The van der Waals surface area contributed by atoms with Gasteiger partial charge in [0.05, 0.1) is 19.9 Å². The summed E-state index contributed by atoms with van der Waals surface area (Å²) in [6.45, 7) is 1.51. The molecule has 0 unspecified atom stereocenters. The molecule has 3 aromatic rings. The lowest BCUT2D eigenvalue weighted by Crippen LogP contribution is -2.11. The van der Waals surface area contributed by atoms with Gasteiger partial charge < -0.3 is 19.2 Å². The maximum atomic E-state index is 12.5. The number of hydrogen-bond acceptors (Lipinski definition) is 5. The Labute approximate surface area is 156 Å². The first-order valence-corrected chi connectivity index (χ1v) is 8.26. The number of anilines is 1. The number of ether oxygens (including phenoxy) is 2. The molecule has 1 amide bonds. The first-order chi connectivity index (χ1) is 13.0. The van der Waals surface area contributed by atoms with Crippen LogP contribution in [-0.2, 0) is 0 Å². The van der Waals surface area contributed by atoms with Crippen LogP contribution in [0.4, 0.5) is 5.69 Å². The van der Waals surface area contributed by atoms with Crippen LogP contribution in [0.25, 0.3) is 11.3 Å². The van der Waals surface area contributed by atoms with Crippen molar-refractivity contribution < 1.29 is 23.5 Å². The highest BCUT2D eigenvalue weighted by molar-refractivity contribution is 6.03. The number of amides is 1. The number of Topliss-reactive ketones (excluding diaryl/α,β-unsaturated/α-hetero) is 1. The summed E-state index contributed by atoms with van der Waals surface area (Å²) in [6.07, 6.45) is 0. The summed E-state index contributed by atoms with van der Waals surface area (Å²) in [7, 11) is 3.07. The van der Waals surface area contributed by atoms with Crippen LogP contribution in [0.1, 0.15) is 27.8 Å². The predicted octanol–water partition coefficient (Wildman–Crippen LogP) is 4.42. The monoisotopic (exact) mass is 365 g/mol. The van der Waals surface area contributed by atoms with Gasteiger partial charge in [-0.2, -0.15) is 0 Å². The van der Waals surface area contributed by atoms with Gasteiger partial charge in [-0.1, -0.05) is 24.3 Å². The van der Waals surface area contributed by atoms with E-state index in [0.29, 0.717) is 28.5 Å². The highest BCUT2D eigenvalue weighted by Crippen LogP contribution is 2.30. The van der Waals surface area contributed by atoms with Gasteiger partial charge >= 0.3 is 0 Å². The lowest BCUT2D eigenvalue weighted by Gasteiger charge is -2.10. The van der Waals surface area contributed by atoms with Crippen molar-refractivity contribution in [3.05, 3.63) is 65.9 Å². The quantitative estimate of drug-likeness (QED) is 0.654. The Morgan fingerprint density at radius 2 is 1.67 bits per heavy atom. The molecule has 0 atom stereocenters. The van der Waals surface area contributed by atoms with Crippen LogP contribution in [0.2, 0.25) is 0 Å². The number of carbonyl (C=O) groups excluding carboxylic acids is 2. The molecule has 0 saturated carbocycles. The molecule has 1 heterocycles. The fraction of sp³-hybridized carbons (Fsp3) is 0.143. The molecule has 0 radical (unpaired) electrons. The normalized spacial score (nSPS) is 10.3. The molecule has 2 aromatic carbocycles. The van der Waals surface area contributed by atoms with E-state index in [4.69, 9.17) is 13.9 Å². The lowest BCUT2D eigenvalue weighted by molar-refractivity contribution is 0.0994. The van der Waals surface area contributed by atoms with Gasteiger partial charge in [0, 0.05) is 17.2 Å². The first kappa shape index (κ1) is 18.3. The van der Waals surface area contributed by atoms with Crippen molar-refractivity contribution in [1.82, 2.24) is 0 Å². The summed E-state index contributed by atoms with van der Waals surface area (Å²) in [4.78, 5) is 23.9. The van der Waals surface area contributed by atoms with Crippen LogP contribution in [-0.4, -0.2) is 25.9 Å². The number of carbonyl (C=O) groups is 2. The van der Waals surface area contributed by atoms with E-state index in [-0.39, 0.29) is 11.5 Å². The van der Waals surface area contributed by atoms with E-state index in [1.165, 1.54) is 14.0 Å². The zero-order chi connectivity index (χ0) is 19.4. The van der Waals surface area contributed by atoms with Crippen LogP contribution < -0.4 is 14.8 Å². The summed E-state index contributed by atoms with van der Waals surface area (Å²) in [5, 5.41) is 2.76. The molecule has 1 N–H and O–H groups in total. The first-order valence-electron chi connectivity index (χ1n) is 8.26. The summed E-state index contributed by atoms with van der Waals surface area (Å²) >= 11 is 0. The van der Waals surface area contributed by atoms with Gasteiger partial charge in [-0.05, 0) is 31.2 Å². The molecule has 27 heavy (non-hydrogen) atoms. The Kier molecular flexibility index (Phi) is 5.26. The van der Waals surface area contributed by atoms with Crippen molar-refractivity contribution in [1.29, 1.82) is 0 Å². The molecule has 0 saturated heterocycles. The SMILES string of the molecule is COc1ccc(OC)c(NC(=O)c2ccc(-c3ccc(C(C)=O)cc3)o2)c1. The van der Waals surface area contributed by atoms with Crippen LogP contribution >= 0.6 is 0 Å². The van der Waals surface area contributed by atoms with E-state index in [1.54, 1.807) is 61.7 Å². The van der Waals surface area contributed by atoms with E-state index in [0.717, 1.165) is 5.56 Å². The van der Waals surface area contributed by atoms with Gasteiger partial charge in [-0.25, -0.2) is 0 Å². The van der Waals surface area contributed by atoms with Gasteiger partial charge in [0.25, 0.3) is 5.91 Å². The standard InChI is InChI=1S/C21H19NO5/c1-13(23)14-4-6-15(7-5-14)18-10-11-20(27-18)21(24)22-17-12-16(25-2)8-9-19(17)26-3/h4-12H,1-3H3,(H,22,24). The molecule has 0 aliphatic heterocycles. The molecule has 1 aromatic heterocycles. The largest absolute Gasteiger partial charge is 0.497 e. The second-order valence-corrected chi connectivity index (χ2v) is 5.82. The van der Waals surface area contributed by atoms with Crippen molar-refractivity contribution in [2.45, 2.75) is 6.92 Å². The Balaban J connectivity index is 1.80. The third kappa shape index (κ3) is 4.00. The zero-order valence-electron chi connectivity index (χ0n) is 15.2. The minimum absolute atomic E-state index is 0.00621. The number of rotatable bonds is 6. The summed E-state index contributed by atoms with van der Waals surface area (Å²) in [6, 6.07) is 15.4. The predicted molar refractivity (Wildman–Crippen MR) is 102 cm³/mol. The number of benzene rings is 2. The molecular weight excluding hydrogens is 346 g/mol. The summed E-state index contributed by atoms with van der Waals surface area (Å²) in [5.41, 5.74) is 1.87. The fourth-order valence-corrected chi connectivity index (χ4v) is 2.58. The van der Waals surface area contributed by atoms with Crippen molar-refractivity contribution in [2.24, 2.45) is 0 Å².